The molecule has 588 valence electrons. The number of esters is 2. The Kier molecular flexibility index (Phi) is 30.4. The highest BCUT2D eigenvalue weighted by atomic mass is 32.1. The second-order valence-electron chi connectivity index (χ2n) is 30.0. The number of carbonyl (C=O) groups excluding carboxylic acids is 3. The van der Waals surface area contributed by atoms with Gasteiger partial charge in [-0.15, -0.1) is 0 Å². The van der Waals surface area contributed by atoms with Gasteiger partial charge in [-0.1, -0.05) is 52.7 Å². The quantitative estimate of drug-likeness (QED) is 0.0363. The van der Waals surface area contributed by atoms with Crippen molar-refractivity contribution in [3.63, 3.8) is 0 Å². The van der Waals surface area contributed by atoms with Crippen molar-refractivity contribution in [1.29, 1.82) is 0 Å². The van der Waals surface area contributed by atoms with Crippen LogP contribution in [0.2, 0.25) is 0 Å². The Morgan fingerprint density at radius 1 is 0.561 bits per heavy atom. The van der Waals surface area contributed by atoms with E-state index < -0.39 is 106 Å². The van der Waals surface area contributed by atoms with E-state index >= 15 is 4.39 Å². The van der Waals surface area contributed by atoms with Gasteiger partial charge in [0.1, 0.15) is 35.4 Å². The minimum Gasteiger partial charge on any atom is -0.480 e. The fourth-order valence-corrected chi connectivity index (χ4v) is 15.2. The molecule has 4 fully saturated rings. The highest BCUT2D eigenvalue weighted by molar-refractivity contribution is 7.59. The van der Waals surface area contributed by atoms with E-state index in [9.17, 15) is 73.4 Å². The molecule has 2 saturated carbocycles. The number of hydrogen-bond donors (Lipinski definition) is 3. The second-order valence-corrected chi connectivity index (χ2v) is 30.0. The summed E-state index contributed by atoms with van der Waals surface area (Å²) in [6, 6.07) is 8.88. The fraction of sp³-hybridized carbons (Fsp3) is 0.525. The maximum Gasteiger partial charge on any atom is 0.416 e. The van der Waals surface area contributed by atoms with Crippen molar-refractivity contribution in [1.82, 2.24) is 24.3 Å². The first kappa shape index (κ1) is 88.4. The zero-order valence-corrected chi connectivity index (χ0v) is 64.9. The SMILES string of the molecule is CC(C)CC(C(=O)O)n1cc(CCN2CC3(CCC3)C2)c(C(F)(F)F)cc1=O.CCOC(=O)C[C@H](N)c1cc(-c2c(C)ccc(F)c2C)cc(C)c1F.CCOC(=O)C[C@H](NC(=O)C(CC(C)C)n1cc(CCN2CC3(CCC3)C2)c(C(F)(F)F)cc1=O)c1cc(-c2c(C)ccc(F)c2C)cc(C)c1F.S.S. The molecule has 2 unspecified atom stereocenters. The van der Waals surface area contributed by atoms with E-state index in [1.54, 1.807) is 71.9 Å². The number of carbonyl (C=O) groups is 4. The molecule has 2 aromatic heterocycles. The number of hydrogen-bond acceptors (Lipinski definition) is 11. The van der Waals surface area contributed by atoms with Crippen molar-refractivity contribution in [3.05, 3.63) is 184 Å². The summed E-state index contributed by atoms with van der Waals surface area (Å²) in [6.45, 7) is 25.3. The molecule has 27 heteroatoms. The molecule has 2 spiro atoms. The van der Waals surface area contributed by atoms with Gasteiger partial charge in [-0.25, -0.2) is 22.4 Å². The zero-order chi connectivity index (χ0) is 77.5. The summed E-state index contributed by atoms with van der Waals surface area (Å²) in [5, 5.41) is 12.2. The minimum atomic E-state index is -4.78. The number of aromatic nitrogens is 2. The molecule has 4 aromatic carbocycles. The molecule has 4 heterocycles. The van der Waals surface area contributed by atoms with Crippen LogP contribution < -0.4 is 22.2 Å². The Labute approximate surface area is 633 Å². The molecular formula is C80H102F10N6O9S2. The molecule has 4 atom stereocenters. The second kappa shape index (κ2) is 36.8. The van der Waals surface area contributed by atoms with Gasteiger partial charge in [0.2, 0.25) is 5.91 Å². The third-order valence-corrected chi connectivity index (χ3v) is 20.9. The van der Waals surface area contributed by atoms with Crippen LogP contribution in [0.25, 0.3) is 22.3 Å². The number of likely N-dealkylation sites (tertiary alicyclic amines) is 2. The van der Waals surface area contributed by atoms with Crippen LogP contribution >= 0.6 is 27.0 Å². The lowest BCUT2D eigenvalue weighted by molar-refractivity contribution is -0.144. The maximum atomic E-state index is 16.0. The number of alkyl halides is 6. The normalized spacial score (nSPS) is 16.2. The van der Waals surface area contributed by atoms with Gasteiger partial charge in [0.25, 0.3) is 11.1 Å². The van der Waals surface area contributed by atoms with Gasteiger partial charge in [-0.05, 0) is 233 Å². The molecule has 2 aliphatic heterocycles. The number of nitrogens with zero attached hydrogens (tertiary/aromatic N) is 4. The summed E-state index contributed by atoms with van der Waals surface area (Å²) < 4.78 is 154. The van der Waals surface area contributed by atoms with Gasteiger partial charge in [0, 0.05) is 81.0 Å². The number of carboxylic acid groups (broad SMARTS) is 1. The zero-order valence-electron chi connectivity index (χ0n) is 62.9. The van der Waals surface area contributed by atoms with E-state index in [0.717, 1.165) is 71.7 Å². The van der Waals surface area contributed by atoms with Gasteiger partial charge in [0.05, 0.1) is 43.2 Å². The number of ether oxygens (including phenoxy) is 2. The van der Waals surface area contributed by atoms with E-state index in [-0.39, 0.29) is 118 Å². The van der Waals surface area contributed by atoms with E-state index in [2.05, 4.69) is 15.1 Å². The van der Waals surface area contributed by atoms with Crippen LogP contribution in [0.15, 0.2) is 82.6 Å². The highest BCUT2D eigenvalue weighted by Gasteiger charge is 2.48. The number of nitrogens with two attached hydrogens (primary N) is 1. The molecule has 6 aromatic rings. The largest absolute Gasteiger partial charge is 0.480 e. The van der Waals surface area contributed by atoms with Gasteiger partial charge in [-0.3, -0.25) is 24.0 Å². The van der Waals surface area contributed by atoms with E-state index in [1.807, 2.05) is 34.6 Å². The van der Waals surface area contributed by atoms with Crippen LogP contribution in [0.3, 0.4) is 0 Å². The van der Waals surface area contributed by atoms with Crippen LogP contribution in [-0.2, 0) is 53.8 Å². The number of aryl methyl sites for hydroxylation is 4. The molecule has 0 radical (unpaired) electrons. The molecule has 10 rings (SSSR count). The third kappa shape index (κ3) is 21.5. The average Bonchev–Trinajstić information content (AvgIpc) is 0.772. The Hall–Kier alpha value is -7.46. The number of carboxylic acids is 1. The van der Waals surface area contributed by atoms with Crippen LogP contribution in [0.1, 0.15) is 197 Å². The summed E-state index contributed by atoms with van der Waals surface area (Å²) in [4.78, 5) is 80.4. The molecule has 4 aliphatic rings. The number of aliphatic carboxylic acids is 1. The Balaban J connectivity index is 0.000000274. The number of amides is 1. The predicted molar refractivity (Wildman–Crippen MR) is 402 cm³/mol. The molecule has 107 heavy (non-hydrogen) atoms. The van der Waals surface area contributed by atoms with Crippen molar-refractivity contribution in [2.75, 3.05) is 52.5 Å². The third-order valence-electron chi connectivity index (χ3n) is 20.9. The molecule has 0 bridgehead atoms. The number of benzene rings is 4. The lowest BCUT2D eigenvalue weighted by atomic mass is 9.63. The first-order valence-corrected chi connectivity index (χ1v) is 36.0. The standard InChI is InChI=1S/C40H48F5N3O4.C20H27F3N2O3.C20H23F2NO2.2H2S/c1-7-52-35(50)19-32(29-17-28(16-25(5)37(29)42)36-24(4)9-10-31(41)26(36)6)46-38(51)33(15-23(2)3)48-20-27(30(18-34(48)49)40(43,44)45)11-14-47-21-39(22-47)12-8-13-39;1-13(2)8-16(18(27)28)25-10-14(15(9-17(25)26)20(21,22)23)4-7-24-11-19(12-24)5-3-6-19;1-5-25-18(24)10-17(23)15-9-14(8-12(3)20(15)22)19-11(2)6-7-16(21)13(19)4;;/h9-10,16-18,20,23,32-33H,7-8,11-15,19,21-22H2,1-6H3,(H,46,51);9-10,13,16H,3-8,11-12H2,1-2H3,(H,27,28);6-9,17H,5,10,23H2,1-4H3;2*1H2/t32-,33?;;17-;;/m0.0../s1. The number of nitrogens with one attached hydrogen (secondary N) is 1. The molecule has 4 N–H and O–H groups in total. The Morgan fingerprint density at radius 3 is 1.32 bits per heavy atom. The van der Waals surface area contributed by atoms with Crippen molar-refractivity contribution in [2.45, 2.75) is 197 Å². The van der Waals surface area contributed by atoms with Crippen molar-refractivity contribution in [3.8, 4) is 22.3 Å². The fourth-order valence-electron chi connectivity index (χ4n) is 15.2. The van der Waals surface area contributed by atoms with Gasteiger partial charge >= 0.3 is 30.3 Å². The van der Waals surface area contributed by atoms with Crippen LogP contribution in [-0.4, -0.2) is 100 Å². The van der Waals surface area contributed by atoms with Gasteiger partial charge in [0.15, 0.2) is 0 Å². The summed E-state index contributed by atoms with van der Waals surface area (Å²) >= 11 is 0. The maximum absolute atomic E-state index is 16.0. The van der Waals surface area contributed by atoms with Crippen molar-refractivity contribution < 1.29 is 77.7 Å². The molecule has 1 amide bonds. The van der Waals surface area contributed by atoms with Crippen LogP contribution in [0.4, 0.5) is 43.9 Å². The van der Waals surface area contributed by atoms with Gasteiger partial charge < -0.3 is 44.6 Å². The molecule has 2 saturated heterocycles. The lowest BCUT2D eigenvalue weighted by Gasteiger charge is -2.56. The summed E-state index contributed by atoms with van der Waals surface area (Å²) in [6.07, 6.45) is -0.313. The summed E-state index contributed by atoms with van der Waals surface area (Å²) in [7, 11) is 0. The average molecular weight is 1550 g/mol. The number of pyridine rings is 2. The van der Waals surface area contributed by atoms with E-state index in [4.69, 9.17) is 15.2 Å². The first-order valence-electron chi connectivity index (χ1n) is 36.0. The summed E-state index contributed by atoms with van der Waals surface area (Å²) in [5.74, 6) is -5.31. The Morgan fingerprint density at radius 2 is 0.944 bits per heavy atom. The minimum absolute atomic E-state index is 0. The smallest absolute Gasteiger partial charge is 0.416 e. The topological polar surface area (TPSA) is 196 Å². The first-order chi connectivity index (χ1) is 49.2. The lowest BCUT2D eigenvalue weighted by Crippen LogP contribution is -2.59. The van der Waals surface area contributed by atoms with E-state index in [0.29, 0.717) is 75.0 Å². The number of rotatable bonds is 25. The number of halogens is 10. The molecule has 2 aliphatic carbocycles. The van der Waals surface area contributed by atoms with Gasteiger partial charge in [-0.2, -0.15) is 53.3 Å². The Bertz CT molecular complexity index is 4290. The van der Waals surface area contributed by atoms with Crippen molar-refractivity contribution in [2.24, 2.45) is 28.4 Å². The summed E-state index contributed by atoms with van der Waals surface area (Å²) in [5.41, 5.74) is 8.29. The van der Waals surface area contributed by atoms with Crippen LogP contribution in [0, 0.1) is 87.5 Å². The van der Waals surface area contributed by atoms with E-state index in [1.165, 1.54) is 50.8 Å². The highest BCUT2D eigenvalue weighted by Crippen LogP contribution is 2.49. The molecular weight excluding hydrogens is 1440 g/mol. The van der Waals surface area contributed by atoms with Crippen molar-refractivity contribution >= 4 is 50.8 Å². The van der Waals surface area contributed by atoms with Crippen LogP contribution in [0.5, 0.6) is 0 Å². The monoisotopic (exact) mass is 1540 g/mol. The molecule has 15 nitrogen and oxygen atoms in total. The predicted octanol–water partition coefficient (Wildman–Crippen LogP) is 16.5.